The highest BCUT2D eigenvalue weighted by Crippen LogP contribution is 2.35. The second-order valence-corrected chi connectivity index (χ2v) is 7.09. The summed E-state index contributed by atoms with van der Waals surface area (Å²) in [5.41, 5.74) is 2.78. The maximum atomic E-state index is 13.5. The fourth-order valence-electron chi connectivity index (χ4n) is 3.44. The molecule has 31 heavy (non-hydrogen) atoms. The first-order valence-electron chi connectivity index (χ1n) is 9.94. The topological polar surface area (TPSA) is 58.6 Å². The van der Waals surface area contributed by atoms with Gasteiger partial charge < -0.3 is 10.1 Å². The molecule has 0 bridgehead atoms. The van der Waals surface area contributed by atoms with Gasteiger partial charge in [0, 0.05) is 0 Å². The number of carbonyl (C=O) groups is 2. The lowest BCUT2D eigenvalue weighted by atomic mass is 10.0. The second-order valence-electron chi connectivity index (χ2n) is 7.09. The fraction of sp³-hybridized carbons (Fsp3) is 0.120. The molecule has 1 aliphatic rings. The summed E-state index contributed by atoms with van der Waals surface area (Å²) in [7, 11) is 0. The van der Waals surface area contributed by atoms with E-state index in [-0.39, 0.29) is 11.3 Å². The Labute approximate surface area is 179 Å². The number of nitrogens with one attached hydrogen (secondary N) is 1. The Bertz CT molecular complexity index is 1170. The van der Waals surface area contributed by atoms with Crippen LogP contribution in [0, 0.1) is 12.7 Å². The quantitative estimate of drug-likeness (QED) is 0.579. The molecule has 0 saturated carbocycles. The first kappa shape index (κ1) is 20.3. The SMILES string of the molecule is CCOc1ccccc1NC1=C(c2ccc(F)cc2)C(=O)N(c2ccc(C)cc2)C1=O. The maximum Gasteiger partial charge on any atom is 0.282 e. The van der Waals surface area contributed by atoms with Gasteiger partial charge in [-0.3, -0.25) is 9.59 Å². The van der Waals surface area contributed by atoms with Crippen LogP contribution in [-0.4, -0.2) is 18.4 Å². The van der Waals surface area contributed by atoms with Crippen molar-refractivity contribution in [2.24, 2.45) is 0 Å². The second kappa shape index (κ2) is 8.44. The van der Waals surface area contributed by atoms with Crippen LogP contribution in [-0.2, 0) is 9.59 Å². The summed E-state index contributed by atoms with van der Waals surface area (Å²) in [5.74, 6) is -0.825. The zero-order chi connectivity index (χ0) is 22.0. The van der Waals surface area contributed by atoms with Crippen LogP contribution < -0.4 is 15.0 Å². The van der Waals surface area contributed by atoms with Crippen molar-refractivity contribution in [2.75, 3.05) is 16.8 Å². The summed E-state index contributed by atoms with van der Waals surface area (Å²) in [6, 6.07) is 19.8. The largest absolute Gasteiger partial charge is 0.492 e. The third kappa shape index (κ3) is 3.92. The standard InChI is InChI=1S/C25H21FN2O3/c1-3-31-21-7-5-4-6-20(21)27-23-22(17-10-12-18(26)13-11-17)24(29)28(25(23)30)19-14-8-16(2)9-15-19/h4-15,27H,3H2,1-2H3. The summed E-state index contributed by atoms with van der Waals surface area (Å²) in [5, 5.41) is 3.10. The Morgan fingerprint density at radius 1 is 0.903 bits per heavy atom. The van der Waals surface area contributed by atoms with Crippen molar-refractivity contribution in [3.8, 4) is 5.75 Å². The van der Waals surface area contributed by atoms with Crippen molar-refractivity contribution in [3.05, 3.63) is 95.4 Å². The Morgan fingerprint density at radius 2 is 1.58 bits per heavy atom. The number of nitrogens with zero attached hydrogens (tertiary/aromatic N) is 1. The predicted octanol–water partition coefficient (Wildman–Crippen LogP) is 4.93. The molecule has 0 saturated heterocycles. The summed E-state index contributed by atoms with van der Waals surface area (Å²) in [6.45, 7) is 4.24. The Morgan fingerprint density at radius 3 is 2.26 bits per heavy atom. The molecule has 0 aliphatic carbocycles. The van der Waals surface area contributed by atoms with Gasteiger partial charge in [-0.25, -0.2) is 9.29 Å². The average Bonchev–Trinajstić information content (AvgIpc) is 3.01. The first-order valence-corrected chi connectivity index (χ1v) is 9.94. The van der Waals surface area contributed by atoms with Gasteiger partial charge in [0.2, 0.25) is 0 Å². The van der Waals surface area contributed by atoms with E-state index in [1.54, 1.807) is 24.3 Å². The van der Waals surface area contributed by atoms with Crippen molar-refractivity contribution in [1.29, 1.82) is 0 Å². The smallest absolute Gasteiger partial charge is 0.282 e. The highest BCUT2D eigenvalue weighted by atomic mass is 19.1. The van der Waals surface area contributed by atoms with E-state index < -0.39 is 17.6 Å². The molecule has 3 aromatic carbocycles. The van der Waals surface area contributed by atoms with Crippen LogP contribution in [0.5, 0.6) is 5.75 Å². The maximum absolute atomic E-state index is 13.5. The van der Waals surface area contributed by atoms with Gasteiger partial charge in [0.1, 0.15) is 17.3 Å². The van der Waals surface area contributed by atoms with Gasteiger partial charge in [0.15, 0.2) is 0 Å². The molecule has 1 heterocycles. The number of halogens is 1. The van der Waals surface area contributed by atoms with Crippen molar-refractivity contribution >= 4 is 28.8 Å². The minimum absolute atomic E-state index is 0.115. The third-order valence-electron chi connectivity index (χ3n) is 4.96. The van der Waals surface area contributed by atoms with Crippen molar-refractivity contribution in [3.63, 3.8) is 0 Å². The number of ether oxygens (including phenoxy) is 1. The number of hydrogen-bond donors (Lipinski definition) is 1. The molecule has 0 radical (unpaired) electrons. The van der Waals surface area contributed by atoms with Gasteiger partial charge in [0.05, 0.1) is 23.6 Å². The number of anilines is 2. The van der Waals surface area contributed by atoms with E-state index in [1.165, 1.54) is 24.3 Å². The van der Waals surface area contributed by atoms with E-state index in [0.717, 1.165) is 10.5 Å². The third-order valence-corrected chi connectivity index (χ3v) is 4.96. The van der Waals surface area contributed by atoms with Gasteiger partial charge in [-0.15, -0.1) is 0 Å². The molecule has 0 fully saturated rings. The van der Waals surface area contributed by atoms with Crippen molar-refractivity contribution < 1.29 is 18.7 Å². The molecule has 0 spiro atoms. The molecular weight excluding hydrogens is 395 g/mol. The van der Waals surface area contributed by atoms with Gasteiger partial charge in [-0.1, -0.05) is 42.0 Å². The lowest BCUT2D eigenvalue weighted by Gasteiger charge is -2.16. The normalized spacial score (nSPS) is 13.7. The molecule has 1 aliphatic heterocycles. The van der Waals surface area contributed by atoms with E-state index in [4.69, 9.17) is 4.74 Å². The van der Waals surface area contributed by atoms with E-state index in [0.29, 0.717) is 29.3 Å². The van der Waals surface area contributed by atoms with Crippen LogP contribution in [0.15, 0.2) is 78.5 Å². The highest BCUT2D eigenvalue weighted by Gasteiger charge is 2.40. The lowest BCUT2D eigenvalue weighted by Crippen LogP contribution is -2.32. The molecule has 0 aromatic heterocycles. The number of carbonyl (C=O) groups excluding carboxylic acids is 2. The van der Waals surface area contributed by atoms with E-state index in [9.17, 15) is 14.0 Å². The molecule has 3 aromatic rings. The first-order chi connectivity index (χ1) is 15.0. The summed E-state index contributed by atoms with van der Waals surface area (Å²) in [6.07, 6.45) is 0. The van der Waals surface area contributed by atoms with Gasteiger partial charge >= 0.3 is 0 Å². The minimum Gasteiger partial charge on any atom is -0.492 e. The number of amides is 2. The van der Waals surface area contributed by atoms with Crippen LogP contribution in [0.3, 0.4) is 0 Å². The molecule has 0 unspecified atom stereocenters. The van der Waals surface area contributed by atoms with Gasteiger partial charge in [0.25, 0.3) is 11.8 Å². The highest BCUT2D eigenvalue weighted by molar-refractivity contribution is 6.46. The van der Waals surface area contributed by atoms with Crippen molar-refractivity contribution in [1.82, 2.24) is 0 Å². The average molecular weight is 416 g/mol. The van der Waals surface area contributed by atoms with E-state index in [2.05, 4.69) is 5.32 Å². The Kier molecular flexibility index (Phi) is 5.54. The molecule has 4 rings (SSSR count). The predicted molar refractivity (Wildman–Crippen MR) is 118 cm³/mol. The van der Waals surface area contributed by atoms with E-state index >= 15 is 0 Å². The number of aryl methyl sites for hydroxylation is 1. The molecule has 2 amide bonds. The molecule has 156 valence electrons. The number of imide groups is 1. The zero-order valence-corrected chi connectivity index (χ0v) is 17.2. The molecule has 1 N–H and O–H groups in total. The minimum atomic E-state index is -0.487. The van der Waals surface area contributed by atoms with Crippen molar-refractivity contribution in [2.45, 2.75) is 13.8 Å². The van der Waals surface area contributed by atoms with Crippen LogP contribution in [0.1, 0.15) is 18.1 Å². The fourth-order valence-corrected chi connectivity index (χ4v) is 3.44. The molecule has 6 heteroatoms. The summed E-state index contributed by atoms with van der Waals surface area (Å²) >= 11 is 0. The van der Waals surface area contributed by atoms with Gasteiger partial charge in [-0.05, 0) is 55.8 Å². The number of hydrogen-bond acceptors (Lipinski definition) is 4. The van der Waals surface area contributed by atoms with Crippen LogP contribution in [0.2, 0.25) is 0 Å². The Balaban J connectivity index is 1.82. The van der Waals surface area contributed by atoms with Crippen LogP contribution in [0.4, 0.5) is 15.8 Å². The Hall–Kier alpha value is -3.93. The summed E-state index contributed by atoms with van der Waals surface area (Å²) < 4.78 is 19.1. The zero-order valence-electron chi connectivity index (χ0n) is 17.2. The number of para-hydroxylation sites is 2. The number of rotatable bonds is 6. The number of benzene rings is 3. The van der Waals surface area contributed by atoms with Crippen LogP contribution in [0.25, 0.3) is 5.57 Å². The monoisotopic (exact) mass is 416 g/mol. The molecular formula is C25H21FN2O3. The van der Waals surface area contributed by atoms with E-state index in [1.807, 2.05) is 38.1 Å². The lowest BCUT2D eigenvalue weighted by molar-refractivity contribution is -0.120. The van der Waals surface area contributed by atoms with Gasteiger partial charge in [-0.2, -0.15) is 0 Å². The summed E-state index contributed by atoms with van der Waals surface area (Å²) in [4.78, 5) is 27.9. The molecule has 0 atom stereocenters. The molecule has 5 nitrogen and oxygen atoms in total. The van der Waals surface area contributed by atoms with Crippen LogP contribution >= 0.6 is 0 Å².